The van der Waals surface area contributed by atoms with Crippen LogP contribution in [0, 0.1) is 40.4 Å². The number of allylic oxidation sites excluding steroid dienone is 3. The maximum atomic E-state index is 10.3. The number of epoxide rings is 1. The van der Waals surface area contributed by atoms with Gasteiger partial charge >= 0.3 is 0 Å². The van der Waals surface area contributed by atoms with E-state index < -0.39 is 0 Å². The standard InChI is InChI=1S/C26H40O2/c1-16(2)6-7-17(3)20-8-9-21-19-14-23-26(28-23)15-18(27)10-13-25(26,5)22(19)11-12-24(20,21)4/h6-7,14,16-18,20-23,27H,8-13,15H2,1-5H3. The SMILES string of the molecule is CC(C)C=CC(C)C1CCC2C3=CC4OC45CC(O)CCC5(C)C3CCC21C. The van der Waals surface area contributed by atoms with Gasteiger partial charge in [0.2, 0.25) is 0 Å². The quantitative estimate of drug-likeness (QED) is 0.485. The first-order valence-corrected chi connectivity index (χ1v) is 12.0. The molecule has 1 saturated heterocycles. The van der Waals surface area contributed by atoms with Gasteiger partial charge < -0.3 is 9.84 Å². The zero-order valence-corrected chi connectivity index (χ0v) is 18.6. The average Bonchev–Trinajstić information content (AvgIpc) is 3.21. The summed E-state index contributed by atoms with van der Waals surface area (Å²) in [6.07, 6.45) is 15.9. The third kappa shape index (κ3) is 2.46. The number of aliphatic hydroxyl groups is 1. The van der Waals surface area contributed by atoms with E-state index in [1.807, 2.05) is 0 Å². The molecule has 0 aromatic carbocycles. The van der Waals surface area contributed by atoms with Crippen LogP contribution in [0.3, 0.4) is 0 Å². The number of rotatable bonds is 3. The Bertz CT molecular complexity index is 707. The van der Waals surface area contributed by atoms with Crippen LogP contribution < -0.4 is 0 Å². The van der Waals surface area contributed by atoms with E-state index >= 15 is 0 Å². The third-order valence-corrected chi connectivity index (χ3v) is 9.98. The zero-order chi connectivity index (χ0) is 19.9. The molecule has 4 aliphatic carbocycles. The molecule has 1 N–H and O–H groups in total. The molecule has 1 aliphatic heterocycles. The van der Waals surface area contributed by atoms with Gasteiger partial charge in [-0.25, -0.2) is 0 Å². The predicted octanol–water partition coefficient (Wildman–Crippen LogP) is 5.91. The van der Waals surface area contributed by atoms with Crippen LogP contribution >= 0.6 is 0 Å². The summed E-state index contributed by atoms with van der Waals surface area (Å²) >= 11 is 0. The van der Waals surface area contributed by atoms with E-state index in [0.717, 1.165) is 31.1 Å². The molecule has 2 nitrogen and oxygen atoms in total. The van der Waals surface area contributed by atoms with Crippen molar-refractivity contribution in [2.75, 3.05) is 0 Å². The van der Waals surface area contributed by atoms with Crippen molar-refractivity contribution < 1.29 is 9.84 Å². The lowest BCUT2D eigenvalue weighted by Gasteiger charge is -2.56. The summed E-state index contributed by atoms with van der Waals surface area (Å²) in [5, 5.41) is 10.3. The van der Waals surface area contributed by atoms with Crippen molar-refractivity contribution in [1.82, 2.24) is 0 Å². The molecule has 0 amide bonds. The van der Waals surface area contributed by atoms with Gasteiger partial charge in [-0.2, -0.15) is 0 Å². The second-order valence-electron chi connectivity index (χ2n) is 11.7. The van der Waals surface area contributed by atoms with Crippen molar-refractivity contribution in [2.45, 2.75) is 97.4 Å². The molecule has 9 atom stereocenters. The summed E-state index contributed by atoms with van der Waals surface area (Å²) in [5.41, 5.74) is 2.40. The van der Waals surface area contributed by atoms with Crippen LogP contribution in [0.15, 0.2) is 23.8 Å². The number of hydrogen-bond donors (Lipinski definition) is 1. The summed E-state index contributed by atoms with van der Waals surface area (Å²) in [7, 11) is 0. The molecule has 28 heavy (non-hydrogen) atoms. The minimum atomic E-state index is -0.161. The summed E-state index contributed by atoms with van der Waals surface area (Å²) in [5.74, 6) is 3.55. The van der Waals surface area contributed by atoms with E-state index in [4.69, 9.17) is 4.74 Å². The highest BCUT2D eigenvalue weighted by molar-refractivity contribution is 5.38. The van der Waals surface area contributed by atoms with Crippen molar-refractivity contribution in [1.29, 1.82) is 0 Å². The molecule has 1 spiro atoms. The minimum absolute atomic E-state index is 0.0438. The molecule has 0 radical (unpaired) electrons. The Hall–Kier alpha value is -0.600. The molecule has 9 unspecified atom stereocenters. The molecule has 3 saturated carbocycles. The monoisotopic (exact) mass is 384 g/mol. The molecule has 5 aliphatic rings. The van der Waals surface area contributed by atoms with E-state index in [0.29, 0.717) is 23.2 Å². The third-order valence-electron chi connectivity index (χ3n) is 9.98. The Morgan fingerprint density at radius 3 is 2.57 bits per heavy atom. The number of hydrogen-bond acceptors (Lipinski definition) is 2. The maximum absolute atomic E-state index is 10.3. The lowest BCUT2D eigenvalue weighted by Crippen LogP contribution is -2.55. The molecule has 1 heterocycles. The Kier molecular flexibility index (Phi) is 4.29. The van der Waals surface area contributed by atoms with E-state index in [9.17, 15) is 5.11 Å². The van der Waals surface area contributed by atoms with Crippen molar-refractivity contribution in [2.24, 2.45) is 40.4 Å². The molecule has 0 bridgehead atoms. The van der Waals surface area contributed by atoms with Gasteiger partial charge in [-0.15, -0.1) is 0 Å². The van der Waals surface area contributed by atoms with E-state index in [1.54, 1.807) is 5.57 Å². The van der Waals surface area contributed by atoms with Gasteiger partial charge in [0.15, 0.2) is 0 Å². The molecule has 5 rings (SSSR count). The first-order valence-electron chi connectivity index (χ1n) is 12.0. The number of fused-ring (bicyclic) bond motifs is 4. The zero-order valence-electron chi connectivity index (χ0n) is 18.6. The van der Waals surface area contributed by atoms with Crippen LogP contribution in [0.5, 0.6) is 0 Å². The summed E-state index contributed by atoms with van der Waals surface area (Å²) in [6, 6.07) is 0. The van der Waals surface area contributed by atoms with Crippen molar-refractivity contribution in [3.8, 4) is 0 Å². The molecule has 156 valence electrons. The van der Waals surface area contributed by atoms with E-state index in [1.165, 1.54) is 25.7 Å². The Morgan fingerprint density at radius 1 is 1.04 bits per heavy atom. The second-order valence-corrected chi connectivity index (χ2v) is 11.7. The largest absolute Gasteiger partial charge is 0.393 e. The lowest BCUT2D eigenvalue weighted by atomic mass is 9.47. The van der Waals surface area contributed by atoms with Crippen LogP contribution in [-0.4, -0.2) is 22.9 Å². The molecule has 2 heteroatoms. The topological polar surface area (TPSA) is 32.8 Å². The highest BCUT2D eigenvalue weighted by Gasteiger charge is 2.73. The number of aliphatic hydroxyl groups excluding tert-OH is 1. The normalized spacial score (nSPS) is 53.2. The van der Waals surface area contributed by atoms with Gasteiger partial charge in [-0.1, -0.05) is 58.4 Å². The van der Waals surface area contributed by atoms with Crippen LogP contribution in [-0.2, 0) is 4.74 Å². The fourth-order valence-corrected chi connectivity index (χ4v) is 8.34. The highest BCUT2D eigenvalue weighted by atomic mass is 16.6. The van der Waals surface area contributed by atoms with Crippen LogP contribution in [0.25, 0.3) is 0 Å². The van der Waals surface area contributed by atoms with Gasteiger partial charge in [-0.05, 0) is 73.5 Å². The van der Waals surface area contributed by atoms with E-state index in [2.05, 4.69) is 52.8 Å². The molecule has 0 aromatic rings. The highest BCUT2D eigenvalue weighted by Crippen LogP contribution is 2.72. The predicted molar refractivity (Wildman–Crippen MR) is 114 cm³/mol. The van der Waals surface area contributed by atoms with Gasteiger partial charge in [0.05, 0.1) is 6.10 Å². The van der Waals surface area contributed by atoms with Gasteiger partial charge in [0, 0.05) is 11.8 Å². The van der Waals surface area contributed by atoms with E-state index in [-0.39, 0.29) is 23.2 Å². The lowest BCUT2D eigenvalue weighted by molar-refractivity contribution is -0.0527. The van der Waals surface area contributed by atoms with Crippen molar-refractivity contribution in [3.63, 3.8) is 0 Å². The molecular weight excluding hydrogens is 344 g/mol. The average molecular weight is 385 g/mol. The van der Waals surface area contributed by atoms with Gasteiger partial charge in [-0.3, -0.25) is 0 Å². The smallest absolute Gasteiger partial charge is 0.107 e. The van der Waals surface area contributed by atoms with Crippen molar-refractivity contribution in [3.05, 3.63) is 23.8 Å². The van der Waals surface area contributed by atoms with Crippen molar-refractivity contribution >= 4 is 0 Å². The fourth-order valence-electron chi connectivity index (χ4n) is 8.34. The summed E-state index contributed by atoms with van der Waals surface area (Å²) < 4.78 is 6.41. The van der Waals surface area contributed by atoms with Gasteiger partial charge in [0.1, 0.15) is 11.7 Å². The first kappa shape index (κ1) is 19.4. The number of ether oxygens (including phenoxy) is 1. The fraction of sp³-hybridized carbons (Fsp3) is 0.846. The van der Waals surface area contributed by atoms with Crippen LogP contribution in [0.2, 0.25) is 0 Å². The molecule has 4 fully saturated rings. The molecule has 0 aromatic heterocycles. The summed E-state index contributed by atoms with van der Waals surface area (Å²) in [6.45, 7) is 12.1. The Balaban J connectivity index is 1.45. The van der Waals surface area contributed by atoms with Crippen LogP contribution in [0.1, 0.15) is 79.6 Å². The van der Waals surface area contributed by atoms with Gasteiger partial charge in [0.25, 0.3) is 0 Å². The minimum Gasteiger partial charge on any atom is -0.393 e. The first-order chi connectivity index (χ1) is 13.2. The second kappa shape index (κ2) is 6.20. The Morgan fingerprint density at radius 2 is 1.82 bits per heavy atom. The Labute approximate surface area is 171 Å². The molecular formula is C26H40O2. The van der Waals surface area contributed by atoms with Crippen LogP contribution in [0.4, 0.5) is 0 Å². The summed E-state index contributed by atoms with van der Waals surface area (Å²) in [4.78, 5) is 0. The maximum Gasteiger partial charge on any atom is 0.107 e.